The van der Waals surface area contributed by atoms with E-state index in [-0.39, 0.29) is 0 Å². The molecular formula is C18H15ClN4OS. The highest BCUT2D eigenvalue weighted by atomic mass is 35.5. The molecule has 0 bridgehead atoms. The Hall–Kier alpha value is -2.57. The van der Waals surface area contributed by atoms with Gasteiger partial charge in [0.15, 0.2) is 5.13 Å². The normalized spacial score (nSPS) is 10.9. The highest BCUT2D eigenvalue weighted by Crippen LogP contribution is 2.25. The summed E-state index contributed by atoms with van der Waals surface area (Å²) in [6.45, 7) is 0.896. The van der Waals surface area contributed by atoms with Gasteiger partial charge in [-0.05, 0) is 24.3 Å². The lowest BCUT2D eigenvalue weighted by molar-refractivity contribution is 0.291. The summed E-state index contributed by atoms with van der Waals surface area (Å²) in [6.07, 6.45) is 1.78. The maximum absolute atomic E-state index is 6.17. The number of hydrogen-bond donors (Lipinski definition) is 1. The van der Waals surface area contributed by atoms with E-state index in [1.807, 2.05) is 53.9 Å². The number of rotatable bonds is 6. The summed E-state index contributed by atoms with van der Waals surface area (Å²) in [7, 11) is 0. The Morgan fingerprint density at radius 3 is 2.80 bits per heavy atom. The smallest absolute Gasteiger partial charge is 0.183 e. The van der Waals surface area contributed by atoms with E-state index in [2.05, 4.69) is 14.9 Å². The lowest BCUT2D eigenvalue weighted by atomic mass is 10.3. The van der Waals surface area contributed by atoms with E-state index < -0.39 is 0 Å². The third-order valence-corrected chi connectivity index (χ3v) is 4.79. The first-order valence-corrected chi connectivity index (χ1v) is 9.02. The molecule has 2 aromatic carbocycles. The molecule has 0 atom stereocenters. The first-order valence-electron chi connectivity index (χ1n) is 7.76. The Bertz CT molecular complexity index is 984. The summed E-state index contributed by atoms with van der Waals surface area (Å²) >= 11 is 7.73. The largest absolute Gasteiger partial charge is 0.484 e. The minimum absolute atomic E-state index is 0.331. The fourth-order valence-electron chi connectivity index (χ4n) is 2.57. The van der Waals surface area contributed by atoms with Crippen molar-refractivity contribution in [2.75, 3.05) is 5.32 Å². The second-order valence-corrected chi connectivity index (χ2v) is 6.64. The van der Waals surface area contributed by atoms with Crippen molar-refractivity contribution in [2.24, 2.45) is 0 Å². The number of aromatic nitrogens is 3. The van der Waals surface area contributed by atoms with Crippen LogP contribution in [0.5, 0.6) is 5.75 Å². The number of halogens is 1. The number of fused-ring (bicyclic) bond motifs is 1. The van der Waals surface area contributed by atoms with Gasteiger partial charge in [0, 0.05) is 11.6 Å². The van der Waals surface area contributed by atoms with Gasteiger partial charge in [0.25, 0.3) is 0 Å². The molecule has 0 amide bonds. The van der Waals surface area contributed by atoms with Crippen LogP contribution >= 0.6 is 22.9 Å². The van der Waals surface area contributed by atoms with Gasteiger partial charge >= 0.3 is 0 Å². The predicted octanol–water partition coefficient (Wildman–Crippen LogP) is 4.79. The van der Waals surface area contributed by atoms with Crippen LogP contribution in [0.25, 0.3) is 11.0 Å². The number of hydrogen-bond acceptors (Lipinski definition) is 5. The van der Waals surface area contributed by atoms with Crippen molar-refractivity contribution in [3.05, 3.63) is 71.0 Å². The molecule has 0 unspecified atom stereocenters. The van der Waals surface area contributed by atoms with Gasteiger partial charge in [0.1, 0.15) is 18.2 Å². The maximum atomic E-state index is 6.17. The monoisotopic (exact) mass is 370 g/mol. The number of nitrogens with one attached hydrogen (secondary N) is 1. The molecule has 4 aromatic rings. The molecule has 0 saturated heterocycles. The summed E-state index contributed by atoms with van der Waals surface area (Å²) in [5, 5.41) is 6.72. The van der Waals surface area contributed by atoms with Crippen molar-refractivity contribution >= 4 is 39.1 Å². The van der Waals surface area contributed by atoms with Crippen LogP contribution in [0.4, 0.5) is 5.13 Å². The summed E-state index contributed by atoms with van der Waals surface area (Å²) < 4.78 is 7.96. The zero-order valence-corrected chi connectivity index (χ0v) is 14.8. The zero-order chi connectivity index (χ0) is 17.1. The number of ether oxygens (including phenoxy) is 1. The van der Waals surface area contributed by atoms with Gasteiger partial charge in [-0.15, -0.1) is 11.3 Å². The number of para-hydroxylation sites is 3. The first-order chi connectivity index (χ1) is 12.3. The lowest BCUT2D eigenvalue weighted by Crippen LogP contribution is -2.13. The van der Waals surface area contributed by atoms with Crippen LogP contribution in [-0.4, -0.2) is 14.5 Å². The Kier molecular flexibility index (Phi) is 4.54. The van der Waals surface area contributed by atoms with E-state index in [1.54, 1.807) is 17.5 Å². The van der Waals surface area contributed by atoms with E-state index in [0.29, 0.717) is 24.0 Å². The van der Waals surface area contributed by atoms with Crippen LogP contribution in [-0.2, 0) is 13.3 Å². The van der Waals surface area contributed by atoms with Crippen LogP contribution in [0, 0.1) is 0 Å². The van der Waals surface area contributed by atoms with E-state index in [1.165, 1.54) is 0 Å². The second-order valence-electron chi connectivity index (χ2n) is 5.34. The van der Waals surface area contributed by atoms with Gasteiger partial charge in [-0.1, -0.05) is 35.9 Å². The van der Waals surface area contributed by atoms with Crippen molar-refractivity contribution in [3.63, 3.8) is 0 Å². The third kappa shape index (κ3) is 3.45. The molecule has 0 spiro atoms. The van der Waals surface area contributed by atoms with Gasteiger partial charge in [0.05, 0.1) is 22.7 Å². The number of anilines is 1. The molecule has 0 aliphatic rings. The number of thiazole rings is 1. The molecule has 25 heavy (non-hydrogen) atoms. The average molecular weight is 371 g/mol. The number of benzene rings is 2. The zero-order valence-electron chi connectivity index (χ0n) is 13.2. The first kappa shape index (κ1) is 15.9. The number of nitrogens with zero attached hydrogens (tertiary/aromatic N) is 3. The highest BCUT2D eigenvalue weighted by molar-refractivity contribution is 7.13. The fourth-order valence-corrected chi connectivity index (χ4v) is 3.28. The molecule has 0 radical (unpaired) electrons. The van der Waals surface area contributed by atoms with Gasteiger partial charge in [-0.2, -0.15) is 0 Å². The van der Waals surface area contributed by atoms with Crippen molar-refractivity contribution in [3.8, 4) is 5.75 Å². The molecule has 2 heterocycles. The van der Waals surface area contributed by atoms with Crippen LogP contribution in [0.2, 0.25) is 5.02 Å². The lowest BCUT2D eigenvalue weighted by Gasteiger charge is -2.11. The Balaban J connectivity index is 1.60. The standard InChI is InChI=1S/C18H15ClN4OS/c19-13-5-1-4-8-16(13)24-11-17-22-14-6-2-3-7-15(14)23(17)12-21-18-20-9-10-25-18/h1-10H,11-12H2,(H,20,21). The minimum atomic E-state index is 0.331. The van der Waals surface area contributed by atoms with E-state index in [4.69, 9.17) is 21.3 Å². The molecule has 0 aliphatic heterocycles. The fraction of sp³-hybridized carbons (Fsp3) is 0.111. The maximum Gasteiger partial charge on any atom is 0.183 e. The highest BCUT2D eigenvalue weighted by Gasteiger charge is 2.12. The second kappa shape index (κ2) is 7.13. The van der Waals surface area contributed by atoms with Gasteiger partial charge in [0.2, 0.25) is 0 Å². The Morgan fingerprint density at radius 2 is 1.96 bits per heavy atom. The summed E-state index contributed by atoms with van der Waals surface area (Å²) in [6, 6.07) is 15.5. The van der Waals surface area contributed by atoms with E-state index in [0.717, 1.165) is 22.0 Å². The van der Waals surface area contributed by atoms with Crippen molar-refractivity contribution in [1.29, 1.82) is 0 Å². The van der Waals surface area contributed by atoms with Crippen LogP contribution in [0.3, 0.4) is 0 Å². The molecule has 7 heteroatoms. The molecular weight excluding hydrogens is 356 g/mol. The average Bonchev–Trinajstić information content (AvgIpc) is 3.26. The topological polar surface area (TPSA) is 52.0 Å². The van der Waals surface area contributed by atoms with Crippen molar-refractivity contribution < 1.29 is 4.74 Å². The number of imidazole rings is 1. The quantitative estimate of drug-likeness (QED) is 0.530. The SMILES string of the molecule is Clc1ccccc1OCc1nc2ccccc2n1CNc1nccs1. The molecule has 1 N–H and O–H groups in total. The summed E-state index contributed by atoms with van der Waals surface area (Å²) in [4.78, 5) is 8.95. The van der Waals surface area contributed by atoms with Gasteiger partial charge in [-0.25, -0.2) is 9.97 Å². The van der Waals surface area contributed by atoms with Crippen molar-refractivity contribution in [2.45, 2.75) is 13.3 Å². The molecule has 126 valence electrons. The van der Waals surface area contributed by atoms with Gasteiger partial charge in [-0.3, -0.25) is 0 Å². The summed E-state index contributed by atoms with van der Waals surface area (Å²) in [5.41, 5.74) is 1.98. The molecule has 0 aliphatic carbocycles. The molecule has 4 rings (SSSR count). The molecule has 0 fully saturated rings. The summed E-state index contributed by atoms with van der Waals surface area (Å²) in [5.74, 6) is 1.47. The molecule has 5 nitrogen and oxygen atoms in total. The van der Waals surface area contributed by atoms with Gasteiger partial charge < -0.3 is 14.6 Å². The predicted molar refractivity (Wildman–Crippen MR) is 101 cm³/mol. The van der Waals surface area contributed by atoms with Crippen LogP contribution in [0.15, 0.2) is 60.1 Å². The Labute approximate surface area is 153 Å². The minimum Gasteiger partial charge on any atom is -0.484 e. The third-order valence-electron chi connectivity index (χ3n) is 3.75. The van der Waals surface area contributed by atoms with E-state index >= 15 is 0 Å². The van der Waals surface area contributed by atoms with Crippen LogP contribution in [0.1, 0.15) is 5.82 Å². The molecule has 0 saturated carbocycles. The van der Waals surface area contributed by atoms with Crippen molar-refractivity contribution in [1.82, 2.24) is 14.5 Å². The van der Waals surface area contributed by atoms with Crippen LogP contribution < -0.4 is 10.1 Å². The van der Waals surface area contributed by atoms with E-state index in [9.17, 15) is 0 Å². The Morgan fingerprint density at radius 1 is 1.12 bits per heavy atom. The molecule has 2 aromatic heterocycles.